The Morgan fingerprint density at radius 1 is 1.00 bits per heavy atom. The molecule has 11 heavy (non-hydrogen) atoms. The highest BCUT2D eigenvalue weighted by atomic mass is 32.3. The summed E-state index contributed by atoms with van der Waals surface area (Å²) in [5.74, 6) is 0. The molecule has 0 aliphatic heterocycles. The van der Waals surface area contributed by atoms with Gasteiger partial charge in [0.15, 0.2) is 0 Å². The molecule has 65 valence electrons. The lowest BCUT2D eigenvalue weighted by molar-refractivity contribution is 0.511. The Labute approximate surface area is 64.9 Å². The highest BCUT2D eigenvalue weighted by molar-refractivity contribution is 8.04. The predicted molar refractivity (Wildman–Crippen MR) is 37.2 cm³/mol. The van der Waals surface area contributed by atoms with Gasteiger partial charge < -0.3 is 0 Å². The number of amides is 1. The molecule has 0 saturated carbocycles. The first-order valence-electron chi connectivity index (χ1n) is 2.28. The van der Waals surface area contributed by atoms with Gasteiger partial charge >= 0.3 is 6.41 Å². The molecule has 0 heterocycles. The van der Waals surface area contributed by atoms with Crippen LogP contribution in [0.25, 0.3) is 0 Å². The zero-order chi connectivity index (χ0) is 9.28. The second kappa shape index (κ2) is 2.78. The van der Waals surface area contributed by atoms with Gasteiger partial charge in [0.1, 0.15) is 0 Å². The number of hydrogen-bond acceptors (Lipinski definition) is 5. The van der Waals surface area contributed by atoms with E-state index in [0.717, 1.165) is 6.41 Å². The van der Waals surface area contributed by atoms with Gasteiger partial charge in [0, 0.05) is 0 Å². The van der Waals surface area contributed by atoms with Crippen molar-refractivity contribution in [3.8, 4) is 0 Å². The molecule has 0 aliphatic carbocycles. The van der Waals surface area contributed by atoms with E-state index < -0.39 is 20.0 Å². The average molecular weight is 200 g/mol. The van der Waals surface area contributed by atoms with Gasteiger partial charge in [-0.15, -0.1) is 3.71 Å². The summed E-state index contributed by atoms with van der Waals surface area (Å²) in [6.45, 7) is 0. The zero-order valence-corrected chi connectivity index (χ0v) is 7.44. The number of sulfonamides is 2. The van der Waals surface area contributed by atoms with Crippen LogP contribution in [0.4, 0.5) is 0 Å². The maximum Gasteiger partial charge on any atom is 0.341 e. The first-order chi connectivity index (χ1) is 4.69. The molecule has 6 nitrogen and oxygen atoms in total. The molecule has 0 saturated heterocycles. The summed E-state index contributed by atoms with van der Waals surface area (Å²) in [4.78, 5) is 9.84. The lowest BCUT2D eigenvalue weighted by Gasteiger charge is -2.08. The van der Waals surface area contributed by atoms with Gasteiger partial charge in [0.05, 0.1) is 12.5 Å². The van der Waals surface area contributed by atoms with Crippen LogP contribution in [0.3, 0.4) is 0 Å². The van der Waals surface area contributed by atoms with Gasteiger partial charge in [0.25, 0.3) is 0 Å². The molecule has 0 spiro atoms. The summed E-state index contributed by atoms with van der Waals surface area (Å²) in [7, 11) is -8.10. The summed E-state index contributed by atoms with van der Waals surface area (Å²) >= 11 is 0. The van der Waals surface area contributed by atoms with E-state index in [1.807, 2.05) is 0 Å². The summed E-state index contributed by atoms with van der Waals surface area (Å²) in [5, 5.41) is 0. The fourth-order valence-electron chi connectivity index (χ4n) is 0.381. The van der Waals surface area contributed by atoms with Gasteiger partial charge in [0.2, 0.25) is 20.0 Å². The Hall–Kier alpha value is -0.630. The third kappa shape index (κ3) is 2.85. The van der Waals surface area contributed by atoms with E-state index >= 15 is 0 Å². The van der Waals surface area contributed by atoms with Crippen LogP contribution in [0, 0.1) is 0 Å². The lowest BCUT2D eigenvalue weighted by Crippen LogP contribution is -2.33. The Bertz CT molecular complexity index is 306. The van der Waals surface area contributed by atoms with E-state index in [4.69, 9.17) is 0 Å². The molecule has 0 aromatic heterocycles. The van der Waals surface area contributed by atoms with E-state index in [1.165, 1.54) is 0 Å². The van der Waals surface area contributed by atoms with Gasteiger partial charge in [-0.2, -0.15) is 0 Å². The number of hydrogen-bond donors (Lipinski definition) is 0. The van der Waals surface area contributed by atoms with Crippen molar-refractivity contribution in [2.45, 2.75) is 0 Å². The van der Waals surface area contributed by atoms with Crippen LogP contribution >= 0.6 is 0 Å². The van der Waals surface area contributed by atoms with Crippen LogP contribution in [-0.4, -0.2) is 39.5 Å². The van der Waals surface area contributed by atoms with E-state index in [9.17, 15) is 21.6 Å². The molecule has 1 amide bonds. The largest absolute Gasteiger partial charge is 0.341 e. The molecule has 0 atom stereocenters. The standard InChI is InChI=1S/C3H6NO5S2/c1-10(6,7)4(3-5)11(2,8)9/h1-2H3. The van der Waals surface area contributed by atoms with Crippen molar-refractivity contribution in [1.29, 1.82) is 0 Å². The van der Waals surface area contributed by atoms with Crippen LogP contribution in [0.15, 0.2) is 0 Å². The van der Waals surface area contributed by atoms with E-state index in [0.29, 0.717) is 12.5 Å². The Balaban J connectivity index is 5.21. The van der Waals surface area contributed by atoms with Crippen LogP contribution in [-0.2, 0) is 24.8 Å². The van der Waals surface area contributed by atoms with E-state index in [1.54, 1.807) is 0 Å². The lowest BCUT2D eigenvalue weighted by atomic mass is 11.5. The molecule has 0 N–H and O–H groups in total. The van der Waals surface area contributed by atoms with Gasteiger partial charge in [-0.25, -0.2) is 16.8 Å². The van der Waals surface area contributed by atoms with Gasteiger partial charge in [-0.3, -0.25) is 4.79 Å². The average Bonchev–Trinajstić information content (AvgIpc) is 1.56. The van der Waals surface area contributed by atoms with Gasteiger partial charge in [-0.1, -0.05) is 0 Å². The van der Waals surface area contributed by atoms with Gasteiger partial charge in [-0.05, 0) is 0 Å². The Morgan fingerprint density at radius 2 is 1.27 bits per heavy atom. The summed E-state index contributed by atoms with van der Waals surface area (Å²) in [5.41, 5.74) is 0. The number of carbonyl (C=O) groups excluding carboxylic acids is 1. The SMILES string of the molecule is CS(=O)(=O)N([C]=O)S(C)(=O)=O. The van der Waals surface area contributed by atoms with Crippen molar-refractivity contribution in [2.75, 3.05) is 12.5 Å². The fraction of sp³-hybridized carbons (Fsp3) is 0.667. The highest BCUT2D eigenvalue weighted by Crippen LogP contribution is 1.99. The first kappa shape index (κ1) is 10.4. The second-order valence-corrected chi connectivity index (χ2v) is 5.71. The molecule has 8 heteroatoms. The quantitative estimate of drug-likeness (QED) is 0.505. The fourth-order valence-corrected chi connectivity index (χ4v) is 2.62. The van der Waals surface area contributed by atoms with Crippen LogP contribution < -0.4 is 0 Å². The summed E-state index contributed by atoms with van der Waals surface area (Å²) in [6, 6.07) is 0. The third-order valence-corrected chi connectivity index (χ3v) is 3.66. The maximum atomic E-state index is 10.5. The van der Waals surface area contributed by atoms with Crippen LogP contribution in [0.5, 0.6) is 0 Å². The van der Waals surface area contributed by atoms with Crippen molar-refractivity contribution in [3.05, 3.63) is 0 Å². The van der Waals surface area contributed by atoms with E-state index in [-0.39, 0.29) is 3.71 Å². The van der Waals surface area contributed by atoms with Crippen molar-refractivity contribution in [1.82, 2.24) is 3.71 Å². The molecule has 0 aliphatic rings. The molecule has 0 unspecified atom stereocenters. The third-order valence-electron chi connectivity index (χ3n) is 0.677. The minimum absolute atomic E-state index is 0.361. The van der Waals surface area contributed by atoms with Crippen LogP contribution in [0.1, 0.15) is 0 Å². The molecule has 0 rings (SSSR count). The maximum absolute atomic E-state index is 10.5. The molecular formula is C3H6NO5S2. The predicted octanol–water partition coefficient (Wildman–Crippen LogP) is -1.73. The molecule has 1 radical (unpaired) electrons. The minimum Gasteiger partial charge on any atom is -0.261 e. The smallest absolute Gasteiger partial charge is 0.261 e. The van der Waals surface area contributed by atoms with Crippen molar-refractivity contribution < 1.29 is 21.6 Å². The second-order valence-electron chi connectivity index (χ2n) is 1.81. The van der Waals surface area contributed by atoms with E-state index in [2.05, 4.69) is 0 Å². The molecular weight excluding hydrogens is 194 g/mol. The summed E-state index contributed by atoms with van der Waals surface area (Å²) in [6.07, 6.45) is 1.98. The highest BCUT2D eigenvalue weighted by Gasteiger charge is 2.25. The normalized spacial score (nSPS) is 12.5. The molecule has 0 aromatic rings. The van der Waals surface area contributed by atoms with Crippen molar-refractivity contribution in [3.63, 3.8) is 0 Å². The molecule has 0 aromatic carbocycles. The molecule has 0 fully saturated rings. The number of rotatable bonds is 3. The minimum atomic E-state index is -4.05. The zero-order valence-electron chi connectivity index (χ0n) is 5.80. The van der Waals surface area contributed by atoms with Crippen molar-refractivity contribution >= 4 is 26.5 Å². The molecule has 0 bridgehead atoms. The Kier molecular flexibility index (Phi) is 2.62. The van der Waals surface area contributed by atoms with Crippen molar-refractivity contribution in [2.24, 2.45) is 0 Å². The monoisotopic (exact) mass is 200 g/mol. The van der Waals surface area contributed by atoms with Crippen LogP contribution in [0.2, 0.25) is 0 Å². The topological polar surface area (TPSA) is 88.6 Å². The Morgan fingerprint density at radius 3 is 1.27 bits per heavy atom. The first-order valence-corrected chi connectivity index (χ1v) is 5.97. The number of nitrogens with zero attached hydrogens (tertiary/aromatic N) is 1. The summed E-state index contributed by atoms with van der Waals surface area (Å²) < 4.78 is 41.6.